The van der Waals surface area contributed by atoms with Gasteiger partial charge in [0.15, 0.2) is 5.69 Å². The first-order valence-corrected chi connectivity index (χ1v) is 10.5. The van der Waals surface area contributed by atoms with Gasteiger partial charge in [0.1, 0.15) is 18.4 Å². The SMILES string of the molecule is CC(C)COC[C@H](NC(=O)OCc1ccccc1)c1nc(C(=O)N(C)C)c(C(C)C)o1. The van der Waals surface area contributed by atoms with E-state index in [1.807, 2.05) is 58.0 Å². The molecule has 0 aliphatic rings. The molecule has 2 amide bonds. The molecular weight excluding hydrogens is 398 g/mol. The molecule has 1 N–H and O–H groups in total. The highest BCUT2D eigenvalue weighted by Gasteiger charge is 2.28. The number of carbonyl (C=O) groups excluding carboxylic acids is 2. The number of benzene rings is 1. The first-order chi connectivity index (χ1) is 14.7. The minimum Gasteiger partial charge on any atom is -0.445 e. The predicted molar refractivity (Wildman–Crippen MR) is 117 cm³/mol. The summed E-state index contributed by atoms with van der Waals surface area (Å²) in [6.07, 6.45) is -0.619. The first-order valence-electron chi connectivity index (χ1n) is 10.5. The van der Waals surface area contributed by atoms with Crippen molar-refractivity contribution >= 4 is 12.0 Å². The summed E-state index contributed by atoms with van der Waals surface area (Å²) in [7, 11) is 3.31. The Balaban J connectivity index is 2.19. The van der Waals surface area contributed by atoms with Crippen molar-refractivity contribution in [2.75, 3.05) is 27.3 Å². The second-order valence-corrected chi connectivity index (χ2v) is 8.31. The Morgan fingerprint density at radius 2 is 1.77 bits per heavy atom. The summed E-state index contributed by atoms with van der Waals surface area (Å²) in [4.78, 5) is 30.8. The molecule has 0 fully saturated rings. The maximum Gasteiger partial charge on any atom is 0.408 e. The van der Waals surface area contributed by atoms with E-state index in [0.717, 1.165) is 5.56 Å². The van der Waals surface area contributed by atoms with Gasteiger partial charge in [0, 0.05) is 26.6 Å². The van der Waals surface area contributed by atoms with Crippen molar-refractivity contribution in [3.63, 3.8) is 0 Å². The van der Waals surface area contributed by atoms with Crippen LogP contribution in [0.2, 0.25) is 0 Å². The normalized spacial score (nSPS) is 12.1. The third kappa shape index (κ3) is 7.40. The Morgan fingerprint density at radius 1 is 1.10 bits per heavy atom. The van der Waals surface area contributed by atoms with E-state index in [1.54, 1.807) is 14.1 Å². The molecule has 8 nitrogen and oxygen atoms in total. The Labute approximate surface area is 183 Å². The Morgan fingerprint density at radius 3 is 2.35 bits per heavy atom. The van der Waals surface area contributed by atoms with E-state index in [4.69, 9.17) is 13.9 Å². The summed E-state index contributed by atoms with van der Waals surface area (Å²) >= 11 is 0. The van der Waals surface area contributed by atoms with Crippen LogP contribution in [-0.4, -0.2) is 49.2 Å². The van der Waals surface area contributed by atoms with Gasteiger partial charge in [0.05, 0.1) is 6.61 Å². The summed E-state index contributed by atoms with van der Waals surface area (Å²) in [6.45, 7) is 8.70. The van der Waals surface area contributed by atoms with Crippen molar-refractivity contribution in [1.29, 1.82) is 0 Å². The van der Waals surface area contributed by atoms with E-state index >= 15 is 0 Å². The van der Waals surface area contributed by atoms with Crippen LogP contribution in [0, 0.1) is 5.92 Å². The van der Waals surface area contributed by atoms with Crippen LogP contribution in [0.1, 0.15) is 67.4 Å². The predicted octanol–water partition coefficient (Wildman–Crippen LogP) is 4.14. The van der Waals surface area contributed by atoms with Crippen LogP contribution in [0.5, 0.6) is 0 Å². The number of oxazole rings is 1. The van der Waals surface area contributed by atoms with Gasteiger partial charge in [-0.2, -0.15) is 0 Å². The number of rotatable bonds is 10. The standard InChI is InChI=1S/C23H33N3O5/c1-15(2)12-29-14-18(24-23(28)30-13-17-10-8-7-9-11-17)21-25-19(22(27)26(5)6)20(31-21)16(3)4/h7-11,15-16,18H,12-14H2,1-6H3,(H,24,28)/t18-/m0/s1. The molecule has 2 aromatic rings. The van der Waals surface area contributed by atoms with E-state index < -0.39 is 12.1 Å². The second kappa shape index (κ2) is 11.5. The van der Waals surface area contributed by atoms with E-state index in [2.05, 4.69) is 10.3 Å². The lowest BCUT2D eigenvalue weighted by molar-refractivity contribution is 0.0760. The van der Waals surface area contributed by atoms with Gasteiger partial charge in [-0.15, -0.1) is 0 Å². The smallest absolute Gasteiger partial charge is 0.408 e. The summed E-state index contributed by atoms with van der Waals surface area (Å²) in [6, 6.07) is 8.71. The average Bonchev–Trinajstić information content (AvgIpc) is 3.17. The van der Waals surface area contributed by atoms with E-state index in [9.17, 15) is 9.59 Å². The van der Waals surface area contributed by atoms with Crippen LogP contribution >= 0.6 is 0 Å². The third-order valence-electron chi connectivity index (χ3n) is 4.34. The molecule has 31 heavy (non-hydrogen) atoms. The minimum absolute atomic E-state index is 0.0533. The van der Waals surface area contributed by atoms with Crippen molar-refractivity contribution in [2.24, 2.45) is 5.92 Å². The quantitative estimate of drug-likeness (QED) is 0.608. The van der Waals surface area contributed by atoms with E-state index in [1.165, 1.54) is 4.90 Å². The number of carbonyl (C=O) groups is 2. The Bertz CT molecular complexity index is 846. The van der Waals surface area contributed by atoms with E-state index in [0.29, 0.717) is 18.3 Å². The number of ether oxygens (including phenoxy) is 2. The average molecular weight is 432 g/mol. The lowest BCUT2D eigenvalue weighted by Gasteiger charge is -2.17. The molecule has 1 aromatic heterocycles. The highest BCUT2D eigenvalue weighted by atomic mass is 16.5. The molecular formula is C23H33N3O5. The molecule has 1 heterocycles. The number of alkyl carbamates (subject to hydrolysis) is 1. The molecule has 0 saturated carbocycles. The molecule has 8 heteroatoms. The largest absolute Gasteiger partial charge is 0.445 e. The zero-order valence-corrected chi connectivity index (χ0v) is 19.2. The topological polar surface area (TPSA) is 93.9 Å². The van der Waals surface area contributed by atoms with Crippen LogP contribution in [-0.2, 0) is 16.1 Å². The maximum absolute atomic E-state index is 12.6. The molecule has 170 valence electrons. The van der Waals surface area contributed by atoms with Gasteiger partial charge in [-0.25, -0.2) is 9.78 Å². The zero-order chi connectivity index (χ0) is 23.0. The molecule has 0 unspecified atom stereocenters. The van der Waals surface area contributed by atoms with Crippen LogP contribution in [0.25, 0.3) is 0 Å². The molecule has 0 aliphatic heterocycles. The van der Waals surface area contributed by atoms with Gasteiger partial charge >= 0.3 is 6.09 Å². The molecule has 0 spiro atoms. The van der Waals surface area contributed by atoms with Crippen molar-refractivity contribution in [2.45, 2.75) is 46.3 Å². The number of hydrogen-bond acceptors (Lipinski definition) is 6. The lowest BCUT2D eigenvalue weighted by atomic mass is 10.1. The summed E-state index contributed by atoms with van der Waals surface area (Å²) in [5.74, 6) is 0.707. The molecule has 1 aromatic carbocycles. The van der Waals surface area contributed by atoms with Crippen molar-refractivity contribution < 1.29 is 23.5 Å². The number of nitrogens with zero attached hydrogens (tertiary/aromatic N) is 2. The monoisotopic (exact) mass is 431 g/mol. The van der Waals surface area contributed by atoms with Crippen molar-refractivity contribution in [3.8, 4) is 0 Å². The van der Waals surface area contributed by atoms with Gasteiger partial charge < -0.3 is 24.1 Å². The summed E-state index contributed by atoms with van der Waals surface area (Å²) in [5, 5.41) is 2.76. The third-order valence-corrected chi connectivity index (χ3v) is 4.34. The molecule has 0 aliphatic carbocycles. The van der Waals surface area contributed by atoms with Crippen LogP contribution in [0.15, 0.2) is 34.7 Å². The minimum atomic E-state index is -0.691. The van der Waals surface area contributed by atoms with Gasteiger partial charge in [-0.3, -0.25) is 4.79 Å². The van der Waals surface area contributed by atoms with Crippen LogP contribution in [0.3, 0.4) is 0 Å². The molecule has 0 bridgehead atoms. The molecule has 1 atom stereocenters. The van der Waals surface area contributed by atoms with Gasteiger partial charge in [-0.05, 0) is 11.5 Å². The Hall–Kier alpha value is -2.87. The fourth-order valence-electron chi connectivity index (χ4n) is 2.76. The fourth-order valence-corrected chi connectivity index (χ4v) is 2.76. The lowest BCUT2D eigenvalue weighted by Crippen LogP contribution is -2.32. The molecule has 0 saturated heterocycles. The fraction of sp³-hybridized carbons (Fsp3) is 0.522. The second-order valence-electron chi connectivity index (χ2n) is 8.31. The number of amides is 2. The van der Waals surface area contributed by atoms with Crippen LogP contribution < -0.4 is 5.32 Å². The van der Waals surface area contributed by atoms with Gasteiger partial charge in [-0.1, -0.05) is 58.0 Å². The van der Waals surface area contributed by atoms with Crippen molar-refractivity contribution in [3.05, 3.63) is 53.2 Å². The summed E-state index contributed by atoms with van der Waals surface area (Å²) in [5.41, 5.74) is 1.12. The molecule has 2 rings (SSSR count). The van der Waals surface area contributed by atoms with Gasteiger partial charge in [0.2, 0.25) is 5.89 Å². The Kier molecular flexibility index (Phi) is 9.05. The van der Waals surface area contributed by atoms with E-state index in [-0.39, 0.29) is 36.6 Å². The van der Waals surface area contributed by atoms with Crippen molar-refractivity contribution in [1.82, 2.24) is 15.2 Å². The zero-order valence-electron chi connectivity index (χ0n) is 19.2. The molecule has 0 radical (unpaired) electrons. The maximum atomic E-state index is 12.6. The van der Waals surface area contributed by atoms with Crippen LogP contribution in [0.4, 0.5) is 4.79 Å². The number of aromatic nitrogens is 1. The number of nitrogens with one attached hydrogen (secondary N) is 1. The highest BCUT2D eigenvalue weighted by molar-refractivity contribution is 5.93. The summed E-state index contributed by atoms with van der Waals surface area (Å²) < 4.78 is 17.0. The highest BCUT2D eigenvalue weighted by Crippen LogP contribution is 2.25. The number of hydrogen-bond donors (Lipinski definition) is 1. The first kappa shape index (κ1) is 24.4. The van der Waals surface area contributed by atoms with Gasteiger partial charge in [0.25, 0.3) is 5.91 Å².